The van der Waals surface area contributed by atoms with Gasteiger partial charge in [-0.3, -0.25) is 9.59 Å². The topological polar surface area (TPSA) is 46.6 Å². The molecule has 1 aromatic rings. The summed E-state index contributed by atoms with van der Waals surface area (Å²) in [5, 5.41) is 0.716. The van der Waals surface area contributed by atoms with E-state index in [1.807, 2.05) is 24.3 Å². The summed E-state index contributed by atoms with van der Waals surface area (Å²) in [5.74, 6) is 0.946. The molecule has 1 aliphatic heterocycles. The van der Waals surface area contributed by atoms with Gasteiger partial charge in [-0.05, 0) is 37.5 Å². The lowest BCUT2D eigenvalue weighted by Gasteiger charge is -2.31. The van der Waals surface area contributed by atoms with E-state index in [0.717, 1.165) is 30.7 Å². The van der Waals surface area contributed by atoms with E-state index in [2.05, 4.69) is 0 Å². The summed E-state index contributed by atoms with van der Waals surface area (Å²) in [7, 11) is 0. The molecule has 126 valence electrons. The number of piperidine rings is 1. The summed E-state index contributed by atoms with van der Waals surface area (Å²) in [6.07, 6.45) is 1.66. The average Bonchev–Trinajstić information content (AvgIpc) is 2.57. The van der Waals surface area contributed by atoms with Gasteiger partial charge in [0.1, 0.15) is 0 Å². The largest absolute Gasteiger partial charge is 0.466 e. The van der Waals surface area contributed by atoms with E-state index in [9.17, 15) is 9.59 Å². The highest BCUT2D eigenvalue weighted by molar-refractivity contribution is 7.99. The fourth-order valence-corrected chi connectivity index (χ4v) is 3.60. The van der Waals surface area contributed by atoms with Gasteiger partial charge in [0.2, 0.25) is 5.91 Å². The van der Waals surface area contributed by atoms with Gasteiger partial charge in [0, 0.05) is 23.9 Å². The van der Waals surface area contributed by atoms with Gasteiger partial charge in [0.05, 0.1) is 18.3 Å². The van der Waals surface area contributed by atoms with Crippen molar-refractivity contribution in [1.29, 1.82) is 0 Å². The summed E-state index contributed by atoms with van der Waals surface area (Å²) in [6, 6.07) is 7.65. The standard InChI is InChI=1S/C17H22ClNO3S/c1-2-22-17(21)14-4-3-9-19(10-14)16(20)12-23-11-13-5-7-15(18)8-6-13/h5-8,14H,2-4,9-12H2,1H3/t14-/m1/s1. The Morgan fingerprint density at radius 1 is 1.35 bits per heavy atom. The van der Waals surface area contributed by atoms with E-state index in [4.69, 9.17) is 16.3 Å². The van der Waals surface area contributed by atoms with Crippen molar-refractivity contribution in [2.75, 3.05) is 25.4 Å². The van der Waals surface area contributed by atoms with E-state index in [1.54, 1.807) is 23.6 Å². The van der Waals surface area contributed by atoms with Crippen molar-refractivity contribution < 1.29 is 14.3 Å². The van der Waals surface area contributed by atoms with Crippen LogP contribution in [0.1, 0.15) is 25.3 Å². The molecule has 0 spiro atoms. The molecule has 1 atom stereocenters. The van der Waals surface area contributed by atoms with Gasteiger partial charge < -0.3 is 9.64 Å². The number of hydrogen-bond acceptors (Lipinski definition) is 4. The summed E-state index contributed by atoms with van der Waals surface area (Å²) >= 11 is 7.44. The van der Waals surface area contributed by atoms with Crippen molar-refractivity contribution in [3.8, 4) is 0 Å². The second-order valence-electron chi connectivity index (χ2n) is 5.55. The van der Waals surface area contributed by atoms with Crippen molar-refractivity contribution >= 4 is 35.2 Å². The van der Waals surface area contributed by atoms with Crippen molar-refractivity contribution in [3.63, 3.8) is 0 Å². The van der Waals surface area contributed by atoms with Crippen LogP contribution in [-0.2, 0) is 20.1 Å². The van der Waals surface area contributed by atoms with Crippen LogP contribution in [0.15, 0.2) is 24.3 Å². The van der Waals surface area contributed by atoms with Gasteiger partial charge in [0.25, 0.3) is 0 Å². The zero-order valence-electron chi connectivity index (χ0n) is 13.3. The van der Waals surface area contributed by atoms with Crippen molar-refractivity contribution in [1.82, 2.24) is 4.90 Å². The molecule has 0 N–H and O–H groups in total. The molecule has 0 radical (unpaired) electrons. The lowest BCUT2D eigenvalue weighted by atomic mass is 9.98. The molecule has 1 heterocycles. The Kier molecular flexibility index (Phi) is 7.24. The zero-order valence-corrected chi connectivity index (χ0v) is 14.9. The molecule has 6 heteroatoms. The smallest absolute Gasteiger partial charge is 0.310 e. The number of carbonyl (C=O) groups excluding carboxylic acids is 2. The molecule has 1 aromatic carbocycles. The van der Waals surface area contributed by atoms with Crippen LogP contribution in [0.4, 0.5) is 0 Å². The number of ether oxygens (including phenoxy) is 1. The minimum atomic E-state index is -0.182. The minimum absolute atomic E-state index is 0.0953. The quantitative estimate of drug-likeness (QED) is 0.734. The predicted molar refractivity (Wildman–Crippen MR) is 93.6 cm³/mol. The SMILES string of the molecule is CCOC(=O)[C@@H]1CCCN(C(=O)CSCc2ccc(Cl)cc2)C1. The Morgan fingerprint density at radius 2 is 2.09 bits per heavy atom. The number of carbonyl (C=O) groups is 2. The molecule has 1 saturated heterocycles. The van der Waals surface area contributed by atoms with Gasteiger partial charge in [-0.1, -0.05) is 23.7 Å². The third-order valence-corrected chi connectivity index (χ3v) is 5.04. The van der Waals surface area contributed by atoms with Crippen molar-refractivity contribution in [2.45, 2.75) is 25.5 Å². The van der Waals surface area contributed by atoms with Gasteiger partial charge in [-0.2, -0.15) is 0 Å². The van der Waals surface area contributed by atoms with Gasteiger partial charge in [-0.15, -0.1) is 11.8 Å². The number of esters is 1. The molecule has 0 unspecified atom stereocenters. The van der Waals surface area contributed by atoms with Gasteiger partial charge >= 0.3 is 5.97 Å². The Labute approximate surface area is 146 Å². The second-order valence-corrected chi connectivity index (χ2v) is 6.97. The van der Waals surface area contributed by atoms with Crippen molar-refractivity contribution in [3.05, 3.63) is 34.9 Å². The maximum atomic E-state index is 12.3. The van der Waals surface area contributed by atoms with Gasteiger partial charge in [0.15, 0.2) is 0 Å². The first kappa shape index (κ1) is 18.1. The molecular weight excluding hydrogens is 334 g/mol. The molecule has 1 amide bonds. The third kappa shape index (κ3) is 5.74. The van der Waals surface area contributed by atoms with Crippen LogP contribution in [0.2, 0.25) is 5.02 Å². The summed E-state index contributed by atoms with van der Waals surface area (Å²) in [5.41, 5.74) is 1.15. The van der Waals surface area contributed by atoms with Crippen LogP contribution < -0.4 is 0 Å². The third-order valence-electron chi connectivity index (χ3n) is 3.80. The number of benzene rings is 1. The first-order chi connectivity index (χ1) is 11.1. The summed E-state index contributed by atoms with van der Waals surface area (Å²) in [4.78, 5) is 25.9. The fourth-order valence-electron chi connectivity index (χ4n) is 2.58. The summed E-state index contributed by atoms with van der Waals surface area (Å²) < 4.78 is 5.07. The Bertz CT molecular complexity index is 535. The van der Waals surface area contributed by atoms with E-state index in [-0.39, 0.29) is 17.8 Å². The lowest BCUT2D eigenvalue weighted by molar-refractivity contribution is -0.151. The fraction of sp³-hybridized carbons (Fsp3) is 0.529. The van der Waals surface area contributed by atoms with E-state index in [0.29, 0.717) is 23.9 Å². The Balaban J connectivity index is 1.76. The molecule has 0 aromatic heterocycles. The maximum Gasteiger partial charge on any atom is 0.310 e. The zero-order chi connectivity index (χ0) is 16.7. The highest BCUT2D eigenvalue weighted by Gasteiger charge is 2.29. The van der Waals surface area contributed by atoms with Crippen molar-refractivity contribution in [2.24, 2.45) is 5.92 Å². The van der Waals surface area contributed by atoms with Gasteiger partial charge in [-0.25, -0.2) is 0 Å². The highest BCUT2D eigenvalue weighted by Crippen LogP contribution is 2.20. The predicted octanol–water partition coefficient (Wildman–Crippen LogP) is 3.37. The number of amides is 1. The highest BCUT2D eigenvalue weighted by atomic mass is 35.5. The number of nitrogens with zero attached hydrogens (tertiary/aromatic N) is 1. The molecule has 23 heavy (non-hydrogen) atoms. The van der Waals surface area contributed by atoms with Crippen LogP contribution in [0.25, 0.3) is 0 Å². The second kappa shape index (κ2) is 9.18. The maximum absolute atomic E-state index is 12.3. The van der Waals surface area contributed by atoms with E-state index >= 15 is 0 Å². The average molecular weight is 356 g/mol. The number of halogens is 1. The van der Waals surface area contributed by atoms with Crippen LogP contribution in [0.3, 0.4) is 0 Å². The number of likely N-dealkylation sites (tertiary alicyclic amines) is 1. The molecule has 2 rings (SSSR count). The lowest BCUT2D eigenvalue weighted by Crippen LogP contribution is -2.43. The molecule has 0 bridgehead atoms. The number of rotatable bonds is 6. The van der Waals surface area contributed by atoms with Crippen LogP contribution >= 0.6 is 23.4 Å². The molecule has 4 nitrogen and oxygen atoms in total. The number of thioether (sulfide) groups is 1. The Hall–Kier alpha value is -1.20. The molecule has 0 aliphatic carbocycles. The van der Waals surface area contributed by atoms with E-state index < -0.39 is 0 Å². The minimum Gasteiger partial charge on any atom is -0.466 e. The monoisotopic (exact) mass is 355 g/mol. The summed E-state index contributed by atoms with van der Waals surface area (Å²) in [6.45, 7) is 3.41. The molecular formula is C17H22ClNO3S. The normalized spacial score (nSPS) is 17.8. The number of hydrogen-bond donors (Lipinski definition) is 0. The van der Waals surface area contributed by atoms with Crippen LogP contribution in [0, 0.1) is 5.92 Å². The molecule has 0 saturated carbocycles. The molecule has 1 aliphatic rings. The molecule has 1 fully saturated rings. The Morgan fingerprint density at radius 3 is 2.78 bits per heavy atom. The van der Waals surface area contributed by atoms with Crippen LogP contribution in [0.5, 0.6) is 0 Å². The van der Waals surface area contributed by atoms with E-state index in [1.165, 1.54) is 0 Å². The first-order valence-corrected chi connectivity index (χ1v) is 9.40. The van der Waals surface area contributed by atoms with Crippen LogP contribution in [-0.4, -0.2) is 42.2 Å². The first-order valence-electron chi connectivity index (χ1n) is 7.86.